The average Bonchev–Trinajstić information content (AvgIpc) is 3.05. The number of rotatable bonds is 5. The van der Waals surface area contributed by atoms with Crippen molar-refractivity contribution in [2.24, 2.45) is 4.99 Å². The van der Waals surface area contributed by atoms with Crippen LogP contribution in [0.1, 0.15) is 36.8 Å². The number of carbonyl (C=O) groups is 1. The number of benzene rings is 1. The number of carbonyl (C=O) groups excluding carboxylic acids is 1. The fraction of sp³-hybridized carbons (Fsp3) is 0.556. The van der Waals surface area contributed by atoms with E-state index >= 15 is 0 Å². The molecular weight excluding hydrogens is 434 g/mol. The van der Waals surface area contributed by atoms with Crippen molar-refractivity contribution in [3.8, 4) is 0 Å². The molecule has 5 nitrogen and oxygen atoms in total. The first-order chi connectivity index (χ1) is 11.5. The van der Waals surface area contributed by atoms with Gasteiger partial charge in [0.1, 0.15) is 5.82 Å². The molecule has 140 valence electrons. The molecule has 1 aromatic carbocycles. The van der Waals surface area contributed by atoms with Crippen LogP contribution in [0, 0.1) is 12.7 Å². The summed E-state index contributed by atoms with van der Waals surface area (Å²) in [6, 6.07) is 5.53. The van der Waals surface area contributed by atoms with E-state index in [9.17, 15) is 9.18 Å². The third kappa shape index (κ3) is 7.17. The van der Waals surface area contributed by atoms with Crippen molar-refractivity contribution in [3.05, 3.63) is 35.1 Å². The Morgan fingerprint density at radius 1 is 1.32 bits per heavy atom. The third-order valence-corrected chi connectivity index (χ3v) is 4.26. The fourth-order valence-electron chi connectivity index (χ4n) is 2.64. The van der Waals surface area contributed by atoms with E-state index in [0.717, 1.165) is 18.4 Å². The predicted octanol–water partition coefficient (Wildman–Crippen LogP) is 2.82. The Labute approximate surface area is 166 Å². The van der Waals surface area contributed by atoms with Gasteiger partial charge in [0.05, 0.1) is 13.1 Å². The summed E-state index contributed by atoms with van der Waals surface area (Å²) in [5, 5.41) is 6.46. The molecule has 0 unspecified atom stereocenters. The van der Waals surface area contributed by atoms with Crippen LogP contribution in [0.4, 0.5) is 4.39 Å². The molecule has 0 aromatic heterocycles. The van der Waals surface area contributed by atoms with Gasteiger partial charge in [0.25, 0.3) is 0 Å². The van der Waals surface area contributed by atoms with Crippen molar-refractivity contribution in [2.75, 3.05) is 20.6 Å². The lowest BCUT2D eigenvalue weighted by atomic mass is 10.1. The lowest BCUT2D eigenvalue weighted by Gasteiger charge is -2.18. The summed E-state index contributed by atoms with van der Waals surface area (Å²) < 4.78 is 13.6. The fourth-order valence-corrected chi connectivity index (χ4v) is 2.64. The van der Waals surface area contributed by atoms with Gasteiger partial charge in [-0.25, -0.2) is 9.38 Å². The number of aliphatic imine (C=N–C) groups is 1. The van der Waals surface area contributed by atoms with Crippen LogP contribution in [0.3, 0.4) is 0 Å². The average molecular weight is 462 g/mol. The largest absolute Gasteiger partial charge is 0.354 e. The smallest absolute Gasteiger partial charge is 0.241 e. The third-order valence-electron chi connectivity index (χ3n) is 4.26. The first-order valence-electron chi connectivity index (χ1n) is 8.45. The minimum absolute atomic E-state index is 0. The number of nitrogens with one attached hydrogen (secondary N) is 2. The van der Waals surface area contributed by atoms with E-state index in [0.29, 0.717) is 24.1 Å². The van der Waals surface area contributed by atoms with Gasteiger partial charge in [-0.2, -0.15) is 0 Å². The van der Waals surface area contributed by atoms with Gasteiger partial charge in [0, 0.05) is 20.1 Å². The topological polar surface area (TPSA) is 56.7 Å². The molecule has 2 N–H and O–H groups in total. The van der Waals surface area contributed by atoms with Crippen molar-refractivity contribution < 1.29 is 9.18 Å². The van der Waals surface area contributed by atoms with Crippen LogP contribution in [0.5, 0.6) is 0 Å². The van der Waals surface area contributed by atoms with Gasteiger partial charge < -0.3 is 15.5 Å². The molecule has 1 amide bonds. The number of nitrogens with zero attached hydrogens (tertiary/aromatic N) is 2. The first-order valence-corrected chi connectivity index (χ1v) is 8.45. The standard InChI is InChI=1S/C18H27FN4O.HI/c1-13-8-9-14(10-16(13)19)11-20-18(21-12-17(24)23(2)3)22-15-6-4-5-7-15;/h8-10,15H,4-7,11-12H2,1-3H3,(H2,20,21,22);1H. The molecule has 0 saturated heterocycles. The zero-order valence-corrected chi connectivity index (χ0v) is 17.5. The van der Waals surface area contributed by atoms with Crippen LogP contribution in [0.15, 0.2) is 23.2 Å². The second-order valence-electron chi connectivity index (χ2n) is 6.52. The van der Waals surface area contributed by atoms with Crippen LogP contribution < -0.4 is 10.6 Å². The SMILES string of the molecule is Cc1ccc(CN=C(NCC(=O)N(C)C)NC2CCCC2)cc1F.I. The van der Waals surface area contributed by atoms with Gasteiger partial charge in [0.15, 0.2) is 5.96 Å². The van der Waals surface area contributed by atoms with Gasteiger partial charge in [-0.1, -0.05) is 25.0 Å². The highest BCUT2D eigenvalue weighted by molar-refractivity contribution is 14.0. The summed E-state index contributed by atoms with van der Waals surface area (Å²) in [5.41, 5.74) is 1.44. The summed E-state index contributed by atoms with van der Waals surface area (Å²) in [4.78, 5) is 17.8. The van der Waals surface area contributed by atoms with Gasteiger partial charge in [-0.05, 0) is 37.0 Å². The van der Waals surface area contributed by atoms with Crippen LogP contribution in [0.25, 0.3) is 0 Å². The van der Waals surface area contributed by atoms with Crippen LogP contribution >= 0.6 is 24.0 Å². The molecule has 2 rings (SSSR count). The monoisotopic (exact) mass is 462 g/mol. The van der Waals surface area contributed by atoms with Crippen LogP contribution in [0.2, 0.25) is 0 Å². The Hall–Kier alpha value is -1.38. The quantitative estimate of drug-likeness (QED) is 0.402. The van der Waals surface area contributed by atoms with Crippen molar-refractivity contribution in [2.45, 2.75) is 45.2 Å². The maximum absolute atomic E-state index is 13.6. The molecule has 25 heavy (non-hydrogen) atoms. The molecule has 1 fully saturated rings. The Morgan fingerprint density at radius 2 is 2.00 bits per heavy atom. The maximum atomic E-state index is 13.6. The molecule has 0 bridgehead atoms. The van der Waals surface area contributed by atoms with Gasteiger partial charge in [-0.3, -0.25) is 4.79 Å². The van der Waals surface area contributed by atoms with Crippen molar-refractivity contribution >= 4 is 35.8 Å². The summed E-state index contributed by atoms with van der Waals surface area (Å²) in [5.74, 6) is 0.374. The van der Waals surface area contributed by atoms with E-state index in [2.05, 4.69) is 15.6 Å². The second-order valence-corrected chi connectivity index (χ2v) is 6.52. The van der Waals surface area contributed by atoms with Gasteiger partial charge in [-0.15, -0.1) is 24.0 Å². The predicted molar refractivity (Wildman–Crippen MR) is 110 cm³/mol. The number of hydrogen-bond acceptors (Lipinski definition) is 2. The molecule has 0 heterocycles. The first kappa shape index (κ1) is 21.7. The summed E-state index contributed by atoms with van der Waals surface area (Å²) in [6.07, 6.45) is 4.65. The minimum atomic E-state index is -0.219. The molecule has 1 saturated carbocycles. The second kappa shape index (κ2) is 10.6. The zero-order chi connectivity index (χ0) is 17.5. The molecule has 1 aliphatic rings. The molecule has 0 aliphatic heterocycles. The number of aryl methyl sites for hydroxylation is 1. The lowest BCUT2D eigenvalue weighted by molar-refractivity contribution is -0.127. The van der Waals surface area contributed by atoms with E-state index in [-0.39, 0.29) is 42.2 Å². The maximum Gasteiger partial charge on any atom is 0.241 e. The highest BCUT2D eigenvalue weighted by atomic mass is 127. The Bertz CT molecular complexity index is 601. The molecule has 0 atom stereocenters. The number of guanidine groups is 1. The minimum Gasteiger partial charge on any atom is -0.354 e. The number of hydrogen-bond donors (Lipinski definition) is 2. The Morgan fingerprint density at radius 3 is 2.60 bits per heavy atom. The number of halogens is 2. The van der Waals surface area contributed by atoms with E-state index in [1.54, 1.807) is 27.1 Å². The summed E-state index contributed by atoms with van der Waals surface area (Å²) >= 11 is 0. The molecule has 0 spiro atoms. The Balaban J connectivity index is 0.00000312. The number of amides is 1. The van der Waals surface area contributed by atoms with E-state index in [1.807, 2.05) is 6.07 Å². The molecule has 1 aromatic rings. The molecule has 0 radical (unpaired) electrons. The van der Waals surface area contributed by atoms with Crippen LogP contribution in [-0.4, -0.2) is 43.4 Å². The molecule has 1 aliphatic carbocycles. The number of likely N-dealkylation sites (N-methyl/N-ethyl adjacent to an activating group) is 1. The summed E-state index contributed by atoms with van der Waals surface area (Å²) in [6.45, 7) is 2.30. The Kier molecular flexibility index (Phi) is 9.16. The molecular formula is C18H28FIN4O. The van der Waals surface area contributed by atoms with E-state index in [1.165, 1.54) is 23.8 Å². The summed E-state index contributed by atoms with van der Waals surface area (Å²) in [7, 11) is 3.45. The van der Waals surface area contributed by atoms with Crippen LogP contribution in [-0.2, 0) is 11.3 Å². The van der Waals surface area contributed by atoms with Crippen molar-refractivity contribution in [1.82, 2.24) is 15.5 Å². The normalized spacial score (nSPS) is 14.8. The van der Waals surface area contributed by atoms with E-state index < -0.39 is 0 Å². The van der Waals surface area contributed by atoms with Crippen molar-refractivity contribution in [1.29, 1.82) is 0 Å². The lowest BCUT2D eigenvalue weighted by Crippen LogP contribution is -2.46. The van der Waals surface area contributed by atoms with E-state index in [4.69, 9.17) is 0 Å². The van der Waals surface area contributed by atoms with Gasteiger partial charge >= 0.3 is 0 Å². The highest BCUT2D eigenvalue weighted by Gasteiger charge is 2.16. The highest BCUT2D eigenvalue weighted by Crippen LogP contribution is 2.17. The van der Waals surface area contributed by atoms with Gasteiger partial charge in [0.2, 0.25) is 5.91 Å². The van der Waals surface area contributed by atoms with Crippen molar-refractivity contribution in [3.63, 3.8) is 0 Å². The zero-order valence-electron chi connectivity index (χ0n) is 15.1. The molecule has 7 heteroatoms.